The third-order valence-corrected chi connectivity index (χ3v) is 4.32. The van der Waals surface area contributed by atoms with Gasteiger partial charge in [0, 0.05) is 32.2 Å². The highest BCUT2D eigenvalue weighted by atomic mass is 32.1. The second-order valence-electron chi connectivity index (χ2n) is 4.94. The quantitative estimate of drug-likeness (QED) is 0.853. The monoisotopic (exact) mass is 269 g/mol. The van der Waals surface area contributed by atoms with E-state index in [0.717, 1.165) is 25.6 Å². The first-order chi connectivity index (χ1) is 8.81. The van der Waals surface area contributed by atoms with Crippen molar-refractivity contribution < 1.29 is 4.74 Å². The predicted molar refractivity (Wildman–Crippen MR) is 74.8 cm³/mol. The molecule has 1 fully saturated rings. The molecule has 102 valence electrons. The smallest absolute Gasteiger partial charge is 0.107 e. The van der Waals surface area contributed by atoms with E-state index in [0.29, 0.717) is 0 Å². The molecule has 2 heterocycles. The van der Waals surface area contributed by atoms with Gasteiger partial charge in [-0.3, -0.25) is 4.90 Å². The van der Waals surface area contributed by atoms with Gasteiger partial charge in [0.15, 0.2) is 0 Å². The zero-order chi connectivity index (χ0) is 12.8. The Kier molecular flexibility index (Phi) is 5.56. The topological polar surface area (TPSA) is 37.4 Å². The fraction of sp³-hybridized carbons (Fsp3) is 0.769. The van der Waals surface area contributed by atoms with Crippen molar-refractivity contribution in [2.45, 2.75) is 25.9 Å². The van der Waals surface area contributed by atoms with Gasteiger partial charge in [0.1, 0.15) is 5.01 Å². The maximum absolute atomic E-state index is 5.23. The molecule has 0 bridgehead atoms. The van der Waals surface area contributed by atoms with Crippen LogP contribution in [0.15, 0.2) is 5.38 Å². The summed E-state index contributed by atoms with van der Waals surface area (Å²) in [5.74, 6) is 0.751. The van der Waals surface area contributed by atoms with Crippen LogP contribution in [0.2, 0.25) is 0 Å². The van der Waals surface area contributed by atoms with E-state index in [1.165, 1.54) is 36.6 Å². The van der Waals surface area contributed by atoms with Crippen molar-refractivity contribution in [2.75, 3.05) is 33.9 Å². The van der Waals surface area contributed by atoms with Crippen molar-refractivity contribution in [3.8, 4) is 0 Å². The molecule has 0 unspecified atom stereocenters. The first-order valence-corrected chi connectivity index (χ1v) is 7.49. The number of methoxy groups -OCH3 is 1. The molecule has 18 heavy (non-hydrogen) atoms. The number of aromatic nitrogens is 1. The molecule has 0 amide bonds. The highest BCUT2D eigenvalue weighted by molar-refractivity contribution is 7.09. The average molecular weight is 269 g/mol. The number of piperidine rings is 1. The Balaban J connectivity index is 1.76. The van der Waals surface area contributed by atoms with E-state index in [1.807, 2.05) is 7.05 Å². The lowest BCUT2D eigenvalue weighted by atomic mass is 9.98. The van der Waals surface area contributed by atoms with Gasteiger partial charge in [-0.2, -0.15) is 0 Å². The molecule has 1 N–H and O–H groups in total. The van der Waals surface area contributed by atoms with Crippen molar-refractivity contribution in [2.24, 2.45) is 5.92 Å². The van der Waals surface area contributed by atoms with E-state index in [1.54, 1.807) is 18.4 Å². The van der Waals surface area contributed by atoms with E-state index in [-0.39, 0.29) is 0 Å². The Bertz CT molecular complexity index is 348. The SMILES string of the molecule is CNCc1nc(CN2CCC(COC)CC2)cs1. The predicted octanol–water partition coefficient (Wildman–Crippen LogP) is 1.72. The van der Waals surface area contributed by atoms with Crippen LogP contribution in [0.4, 0.5) is 0 Å². The molecule has 0 radical (unpaired) electrons. The summed E-state index contributed by atoms with van der Waals surface area (Å²) in [4.78, 5) is 7.14. The molecule has 1 aliphatic rings. The van der Waals surface area contributed by atoms with Crippen molar-refractivity contribution in [1.82, 2.24) is 15.2 Å². The number of thiazole rings is 1. The number of ether oxygens (including phenoxy) is 1. The van der Waals surface area contributed by atoms with Crippen LogP contribution in [0.3, 0.4) is 0 Å². The summed E-state index contributed by atoms with van der Waals surface area (Å²) in [5.41, 5.74) is 1.22. The number of likely N-dealkylation sites (tertiary alicyclic amines) is 1. The van der Waals surface area contributed by atoms with Gasteiger partial charge < -0.3 is 10.1 Å². The zero-order valence-electron chi connectivity index (χ0n) is 11.3. The molecular weight excluding hydrogens is 246 g/mol. The van der Waals surface area contributed by atoms with Crippen LogP contribution in [0.1, 0.15) is 23.5 Å². The molecule has 0 atom stereocenters. The van der Waals surface area contributed by atoms with E-state index < -0.39 is 0 Å². The van der Waals surface area contributed by atoms with Crippen molar-refractivity contribution in [3.63, 3.8) is 0 Å². The van der Waals surface area contributed by atoms with Gasteiger partial charge in [-0.1, -0.05) is 0 Å². The van der Waals surface area contributed by atoms with Crippen LogP contribution >= 0.6 is 11.3 Å². The van der Waals surface area contributed by atoms with Gasteiger partial charge in [0.2, 0.25) is 0 Å². The molecular formula is C13H23N3OS. The first kappa shape index (κ1) is 13.9. The number of nitrogens with zero attached hydrogens (tertiary/aromatic N) is 2. The fourth-order valence-electron chi connectivity index (χ4n) is 2.43. The molecule has 4 nitrogen and oxygen atoms in total. The van der Waals surface area contributed by atoms with E-state index >= 15 is 0 Å². The standard InChI is InChI=1S/C13H23N3OS/c1-14-7-13-15-12(10-18-13)8-16-5-3-11(4-6-16)9-17-2/h10-11,14H,3-9H2,1-2H3. The molecule has 2 rings (SSSR count). The Hall–Kier alpha value is -0.490. The van der Waals surface area contributed by atoms with Crippen molar-refractivity contribution in [3.05, 3.63) is 16.1 Å². The van der Waals surface area contributed by atoms with Crippen LogP contribution in [-0.2, 0) is 17.8 Å². The van der Waals surface area contributed by atoms with Gasteiger partial charge in [0.05, 0.1) is 5.69 Å². The number of nitrogens with one attached hydrogen (secondary N) is 1. The summed E-state index contributed by atoms with van der Waals surface area (Å²) in [6.45, 7) is 5.14. The Morgan fingerprint density at radius 1 is 1.50 bits per heavy atom. The molecule has 1 aromatic heterocycles. The lowest BCUT2D eigenvalue weighted by molar-refractivity contribution is 0.0964. The number of hydrogen-bond acceptors (Lipinski definition) is 5. The van der Waals surface area contributed by atoms with E-state index in [2.05, 4.69) is 20.6 Å². The lowest BCUT2D eigenvalue weighted by Gasteiger charge is -2.31. The largest absolute Gasteiger partial charge is 0.384 e. The van der Waals surface area contributed by atoms with Crippen molar-refractivity contribution >= 4 is 11.3 Å². The number of rotatable bonds is 6. The highest BCUT2D eigenvalue weighted by Crippen LogP contribution is 2.19. The second kappa shape index (κ2) is 7.19. The maximum atomic E-state index is 5.23. The molecule has 0 saturated carbocycles. The minimum Gasteiger partial charge on any atom is -0.384 e. The summed E-state index contributed by atoms with van der Waals surface area (Å²) in [6.07, 6.45) is 2.50. The molecule has 1 aromatic rings. The Labute approximate surface area is 113 Å². The summed E-state index contributed by atoms with van der Waals surface area (Å²) in [6, 6.07) is 0. The first-order valence-electron chi connectivity index (χ1n) is 6.61. The summed E-state index contributed by atoms with van der Waals surface area (Å²) < 4.78 is 5.23. The summed E-state index contributed by atoms with van der Waals surface area (Å²) >= 11 is 1.75. The van der Waals surface area contributed by atoms with Crippen LogP contribution in [0, 0.1) is 5.92 Å². The lowest BCUT2D eigenvalue weighted by Crippen LogP contribution is -2.34. The fourth-order valence-corrected chi connectivity index (χ4v) is 3.23. The minimum absolute atomic E-state index is 0.751. The van der Waals surface area contributed by atoms with Crippen molar-refractivity contribution in [1.29, 1.82) is 0 Å². The molecule has 0 spiro atoms. The van der Waals surface area contributed by atoms with Crippen LogP contribution in [0.5, 0.6) is 0 Å². The molecule has 5 heteroatoms. The summed E-state index contributed by atoms with van der Waals surface area (Å²) in [5, 5.41) is 6.51. The van der Waals surface area contributed by atoms with Gasteiger partial charge in [-0.05, 0) is 38.9 Å². The van der Waals surface area contributed by atoms with E-state index in [4.69, 9.17) is 4.74 Å². The van der Waals surface area contributed by atoms with Gasteiger partial charge in [0.25, 0.3) is 0 Å². The minimum atomic E-state index is 0.751. The third-order valence-electron chi connectivity index (χ3n) is 3.42. The summed E-state index contributed by atoms with van der Waals surface area (Å²) in [7, 11) is 3.76. The Morgan fingerprint density at radius 2 is 2.28 bits per heavy atom. The molecule has 1 aliphatic heterocycles. The van der Waals surface area contributed by atoms with E-state index in [9.17, 15) is 0 Å². The molecule has 0 aromatic carbocycles. The highest BCUT2D eigenvalue weighted by Gasteiger charge is 2.19. The molecule has 0 aliphatic carbocycles. The third kappa shape index (κ3) is 4.02. The van der Waals surface area contributed by atoms with Gasteiger partial charge in [-0.15, -0.1) is 11.3 Å². The average Bonchev–Trinajstić information content (AvgIpc) is 2.80. The number of hydrogen-bond donors (Lipinski definition) is 1. The zero-order valence-corrected chi connectivity index (χ0v) is 12.1. The van der Waals surface area contributed by atoms with Gasteiger partial charge >= 0.3 is 0 Å². The van der Waals surface area contributed by atoms with Crippen LogP contribution in [0.25, 0.3) is 0 Å². The van der Waals surface area contributed by atoms with Gasteiger partial charge in [-0.25, -0.2) is 4.98 Å². The second-order valence-corrected chi connectivity index (χ2v) is 5.88. The van der Waals surface area contributed by atoms with Crippen LogP contribution in [-0.4, -0.2) is 43.7 Å². The maximum Gasteiger partial charge on any atom is 0.107 e. The molecule has 1 saturated heterocycles. The normalized spacial score (nSPS) is 18.3. The van der Waals surface area contributed by atoms with Crippen LogP contribution < -0.4 is 5.32 Å². The Morgan fingerprint density at radius 3 is 2.94 bits per heavy atom.